The molecule has 2 heterocycles. The van der Waals surface area contributed by atoms with Crippen molar-refractivity contribution < 1.29 is 23.5 Å². The van der Waals surface area contributed by atoms with Crippen LogP contribution in [0.5, 0.6) is 0 Å². The Labute approximate surface area is 187 Å². The number of benzene rings is 1. The number of urea groups is 1. The molecule has 1 aliphatic carbocycles. The fourth-order valence-corrected chi connectivity index (χ4v) is 5.11. The highest BCUT2D eigenvalue weighted by Crippen LogP contribution is 2.39. The third-order valence-corrected chi connectivity index (χ3v) is 7.02. The molecule has 2 saturated heterocycles. The molecule has 8 nitrogen and oxygen atoms in total. The van der Waals surface area contributed by atoms with Gasteiger partial charge in [-0.1, -0.05) is 31.4 Å². The van der Waals surface area contributed by atoms with Gasteiger partial charge >= 0.3 is 6.03 Å². The van der Waals surface area contributed by atoms with Gasteiger partial charge in [-0.3, -0.25) is 19.4 Å². The van der Waals surface area contributed by atoms with Crippen LogP contribution < -0.4 is 5.32 Å². The maximum Gasteiger partial charge on any atom is 0.327 e. The highest BCUT2D eigenvalue weighted by molar-refractivity contribution is 6.08. The Kier molecular flexibility index (Phi) is 6.76. The lowest BCUT2D eigenvalue weighted by Crippen LogP contribution is -2.50. The number of carbonyl (C=O) groups excluding carboxylic acids is 3. The van der Waals surface area contributed by atoms with E-state index >= 15 is 0 Å². The van der Waals surface area contributed by atoms with Crippen LogP contribution in [0.1, 0.15) is 43.7 Å². The summed E-state index contributed by atoms with van der Waals surface area (Å²) in [4.78, 5) is 43.4. The number of likely N-dealkylation sites (N-methyl/N-ethyl adjacent to an activating group) is 1. The third kappa shape index (κ3) is 4.36. The molecule has 1 aromatic rings. The van der Waals surface area contributed by atoms with Gasteiger partial charge in [-0.2, -0.15) is 0 Å². The highest BCUT2D eigenvalue weighted by atomic mass is 19.1. The number of halogens is 1. The number of imide groups is 1. The van der Waals surface area contributed by atoms with Crippen molar-refractivity contribution in [3.8, 4) is 0 Å². The van der Waals surface area contributed by atoms with Crippen LogP contribution in [0, 0.1) is 5.82 Å². The molecule has 0 aromatic heterocycles. The van der Waals surface area contributed by atoms with E-state index in [2.05, 4.69) is 10.2 Å². The molecule has 9 heteroatoms. The van der Waals surface area contributed by atoms with Gasteiger partial charge in [-0.05, 0) is 30.5 Å². The lowest BCUT2D eigenvalue weighted by molar-refractivity contribution is -0.137. The summed E-state index contributed by atoms with van der Waals surface area (Å²) < 4.78 is 18.8. The number of nitrogens with zero attached hydrogens (tertiary/aromatic N) is 3. The van der Waals surface area contributed by atoms with Gasteiger partial charge in [0.2, 0.25) is 5.91 Å². The van der Waals surface area contributed by atoms with E-state index in [0.717, 1.165) is 29.7 Å². The molecule has 174 valence electrons. The molecule has 1 saturated carbocycles. The third-order valence-electron chi connectivity index (χ3n) is 7.02. The van der Waals surface area contributed by atoms with Crippen LogP contribution in [-0.4, -0.2) is 84.5 Å². The predicted molar refractivity (Wildman–Crippen MR) is 115 cm³/mol. The van der Waals surface area contributed by atoms with Crippen molar-refractivity contribution in [1.29, 1.82) is 0 Å². The second-order valence-corrected chi connectivity index (χ2v) is 8.84. The molecule has 32 heavy (non-hydrogen) atoms. The average molecular weight is 447 g/mol. The van der Waals surface area contributed by atoms with Crippen molar-refractivity contribution in [3.05, 3.63) is 35.6 Å². The summed E-state index contributed by atoms with van der Waals surface area (Å²) in [6, 6.07) is 5.70. The first-order valence-corrected chi connectivity index (χ1v) is 11.4. The molecule has 3 fully saturated rings. The van der Waals surface area contributed by atoms with Gasteiger partial charge in [0.05, 0.1) is 19.3 Å². The zero-order valence-corrected chi connectivity index (χ0v) is 18.5. The van der Waals surface area contributed by atoms with E-state index in [-0.39, 0.29) is 30.2 Å². The molecule has 3 aliphatic rings. The molecule has 0 bridgehead atoms. The number of nitrogens with one attached hydrogen (secondary N) is 1. The summed E-state index contributed by atoms with van der Waals surface area (Å²) in [6.07, 6.45) is 4.17. The van der Waals surface area contributed by atoms with Gasteiger partial charge < -0.3 is 15.0 Å². The first kappa shape index (κ1) is 22.7. The van der Waals surface area contributed by atoms with Crippen LogP contribution in [0.2, 0.25) is 0 Å². The molecular weight excluding hydrogens is 415 g/mol. The van der Waals surface area contributed by atoms with Crippen molar-refractivity contribution in [2.75, 3.05) is 46.4 Å². The SMILES string of the molecule is CN1C(=O)N(CC(=O)NCC(c2ccc(F)cc2)N2CCOCC2)C(=O)C12CCCCC2. The van der Waals surface area contributed by atoms with Crippen LogP contribution in [0.25, 0.3) is 0 Å². The van der Waals surface area contributed by atoms with E-state index in [4.69, 9.17) is 4.74 Å². The van der Waals surface area contributed by atoms with Gasteiger partial charge in [-0.25, -0.2) is 9.18 Å². The zero-order valence-electron chi connectivity index (χ0n) is 18.5. The number of amides is 4. The van der Waals surface area contributed by atoms with Gasteiger partial charge in [0.25, 0.3) is 5.91 Å². The lowest BCUT2D eigenvalue weighted by atomic mass is 9.81. The minimum absolute atomic E-state index is 0.152. The van der Waals surface area contributed by atoms with Crippen LogP contribution in [-0.2, 0) is 14.3 Å². The summed E-state index contributed by atoms with van der Waals surface area (Å²) in [5.41, 5.74) is 0.0999. The Morgan fingerprint density at radius 2 is 1.78 bits per heavy atom. The standard InChI is InChI=1S/C23H31FN4O4/c1-26-22(31)28(21(30)23(26)9-3-2-4-10-23)16-20(29)25-15-19(27-11-13-32-14-12-27)17-5-7-18(24)8-6-17/h5-8,19H,2-4,9-16H2,1H3,(H,25,29). The molecule has 4 rings (SSSR count). The van der Waals surface area contributed by atoms with Gasteiger partial charge in [0, 0.05) is 26.7 Å². The summed E-state index contributed by atoms with van der Waals surface area (Å²) >= 11 is 0. The number of hydrogen-bond donors (Lipinski definition) is 1. The maximum atomic E-state index is 13.4. The molecule has 1 unspecified atom stereocenters. The van der Waals surface area contributed by atoms with Gasteiger partial charge in [0.15, 0.2) is 0 Å². The van der Waals surface area contributed by atoms with Crippen molar-refractivity contribution >= 4 is 17.8 Å². The Balaban J connectivity index is 1.41. The smallest absolute Gasteiger partial charge is 0.327 e. The number of hydrogen-bond acceptors (Lipinski definition) is 5. The van der Waals surface area contributed by atoms with Crippen LogP contribution in [0.15, 0.2) is 24.3 Å². The zero-order chi connectivity index (χ0) is 22.7. The lowest BCUT2D eigenvalue weighted by Gasteiger charge is -2.35. The molecule has 1 N–H and O–H groups in total. The molecule has 2 aliphatic heterocycles. The van der Waals surface area contributed by atoms with Crippen LogP contribution >= 0.6 is 0 Å². The molecule has 4 amide bonds. The van der Waals surface area contributed by atoms with Crippen molar-refractivity contribution in [2.45, 2.75) is 43.7 Å². The largest absolute Gasteiger partial charge is 0.379 e. The van der Waals surface area contributed by atoms with E-state index in [1.807, 2.05) is 0 Å². The Bertz CT molecular complexity index is 850. The normalized spacial score (nSPS) is 22.4. The number of morpholine rings is 1. The average Bonchev–Trinajstić information content (AvgIpc) is 2.98. The van der Waals surface area contributed by atoms with E-state index in [1.165, 1.54) is 17.0 Å². The summed E-state index contributed by atoms with van der Waals surface area (Å²) in [5, 5.41) is 2.89. The number of ether oxygens (including phenoxy) is 1. The quantitative estimate of drug-likeness (QED) is 0.675. The maximum absolute atomic E-state index is 13.4. The van der Waals surface area contributed by atoms with E-state index in [9.17, 15) is 18.8 Å². The minimum Gasteiger partial charge on any atom is -0.379 e. The molecule has 1 aromatic carbocycles. The molecular formula is C23H31FN4O4. The first-order valence-electron chi connectivity index (χ1n) is 11.4. The first-order chi connectivity index (χ1) is 15.4. The Morgan fingerprint density at radius 1 is 1.12 bits per heavy atom. The highest BCUT2D eigenvalue weighted by Gasteiger charge is 2.55. The van der Waals surface area contributed by atoms with E-state index in [0.29, 0.717) is 45.7 Å². The predicted octanol–water partition coefficient (Wildman–Crippen LogP) is 1.91. The summed E-state index contributed by atoms with van der Waals surface area (Å²) in [7, 11) is 1.66. The molecule has 0 radical (unpaired) electrons. The summed E-state index contributed by atoms with van der Waals surface area (Å²) in [5.74, 6) is -0.957. The van der Waals surface area contributed by atoms with Crippen molar-refractivity contribution in [3.63, 3.8) is 0 Å². The van der Waals surface area contributed by atoms with Gasteiger partial charge in [-0.15, -0.1) is 0 Å². The van der Waals surface area contributed by atoms with Crippen LogP contribution in [0.4, 0.5) is 9.18 Å². The minimum atomic E-state index is -0.792. The topological polar surface area (TPSA) is 82.2 Å². The fraction of sp³-hybridized carbons (Fsp3) is 0.609. The number of carbonyl (C=O) groups is 3. The molecule has 1 atom stereocenters. The Morgan fingerprint density at radius 3 is 2.44 bits per heavy atom. The van der Waals surface area contributed by atoms with E-state index < -0.39 is 11.6 Å². The fourth-order valence-electron chi connectivity index (χ4n) is 5.11. The Hall–Kier alpha value is -2.52. The van der Waals surface area contributed by atoms with Crippen molar-refractivity contribution in [2.24, 2.45) is 0 Å². The van der Waals surface area contributed by atoms with Gasteiger partial charge in [0.1, 0.15) is 17.9 Å². The molecule has 1 spiro atoms. The monoisotopic (exact) mass is 446 g/mol. The van der Waals surface area contributed by atoms with Crippen molar-refractivity contribution in [1.82, 2.24) is 20.0 Å². The second-order valence-electron chi connectivity index (χ2n) is 8.84. The number of rotatable bonds is 6. The summed E-state index contributed by atoms with van der Waals surface area (Å²) in [6.45, 7) is 2.60. The van der Waals surface area contributed by atoms with E-state index in [1.54, 1.807) is 19.2 Å². The second kappa shape index (κ2) is 9.54. The van der Waals surface area contributed by atoms with Crippen LogP contribution in [0.3, 0.4) is 0 Å².